The number of hydrogen-bond acceptors (Lipinski definition) is 2. The van der Waals surface area contributed by atoms with Crippen LogP contribution in [0.25, 0.3) is 0 Å². The Bertz CT molecular complexity index is 324. The van der Waals surface area contributed by atoms with Crippen molar-refractivity contribution in [2.75, 3.05) is 13.2 Å². The van der Waals surface area contributed by atoms with E-state index < -0.39 is 0 Å². The second kappa shape index (κ2) is 8.13. The van der Waals surface area contributed by atoms with Crippen LogP contribution in [-0.4, -0.2) is 13.2 Å². The quantitative estimate of drug-likeness (QED) is 0.866. The Morgan fingerprint density at radius 2 is 2.00 bits per heavy atom. The first-order valence-corrected chi connectivity index (χ1v) is 5.00. The van der Waals surface area contributed by atoms with E-state index in [1.807, 2.05) is 31.2 Å². The van der Waals surface area contributed by atoms with E-state index in [4.69, 9.17) is 10.5 Å². The van der Waals surface area contributed by atoms with Crippen molar-refractivity contribution in [2.24, 2.45) is 5.73 Å². The highest BCUT2D eigenvalue weighted by atomic mass is 35.5. The molecule has 0 spiro atoms. The van der Waals surface area contributed by atoms with Crippen molar-refractivity contribution in [3.63, 3.8) is 0 Å². The maximum absolute atomic E-state index is 12.3. The summed E-state index contributed by atoms with van der Waals surface area (Å²) in [6, 6.07) is 7.60. The van der Waals surface area contributed by atoms with Gasteiger partial charge in [0.1, 0.15) is 5.75 Å². The third-order valence-electron chi connectivity index (χ3n) is 2.08. The third-order valence-corrected chi connectivity index (χ3v) is 2.08. The molecule has 2 N–H and O–H groups in total. The molecule has 2 nitrogen and oxygen atoms in total. The van der Waals surface area contributed by atoms with E-state index in [9.17, 15) is 4.39 Å². The van der Waals surface area contributed by atoms with Crippen molar-refractivity contribution in [3.8, 4) is 5.75 Å². The Hall–Kier alpha value is -1.06. The van der Waals surface area contributed by atoms with Crippen molar-refractivity contribution in [1.82, 2.24) is 0 Å². The van der Waals surface area contributed by atoms with Crippen LogP contribution in [0, 0.1) is 0 Å². The third kappa shape index (κ3) is 4.64. The van der Waals surface area contributed by atoms with Gasteiger partial charge in [0.05, 0.1) is 12.9 Å². The summed E-state index contributed by atoms with van der Waals surface area (Å²) in [5.74, 6) is 0.833. The van der Waals surface area contributed by atoms with E-state index in [0.717, 1.165) is 11.3 Å². The van der Waals surface area contributed by atoms with Crippen LogP contribution in [0.4, 0.5) is 4.39 Å². The lowest BCUT2D eigenvalue weighted by atomic mass is 10.1. The molecule has 1 rings (SSSR count). The molecule has 0 fully saturated rings. The van der Waals surface area contributed by atoms with Gasteiger partial charge in [-0.3, -0.25) is 0 Å². The lowest BCUT2D eigenvalue weighted by molar-refractivity contribution is 0.340. The first kappa shape index (κ1) is 14.9. The van der Waals surface area contributed by atoms with Gasteiger partial charge in [-0.25, -0.2) is 4.39 Å². The predicted octanol–water partition coefficient (Wildman–Crippen LogP) is 2.86. The summed E-state index contributed by atoms with van der Waals surface area (Å²) in [5.41, 5.74) is 7.01. The zero-order valence-electron chi connectivity index (χ0n) is 9.28. The Morgan fingerprint density at radius 3 is 2.44 bits per heavy atom. The summed E-state index contributed by atoms with van der Waals surface area (Å²) >= 11 is 0. The van der Waals surface area contributed by atoms with Crippen LogP contribution >= 0.6 is 12.4 Å². The number of ether oxygens (including phenoxy) is 1. The largest absolute Gasteiger partial charge is 0.494 e. The molecule has 0 saturated carbocycles. The molecule has 0 atom stereocenters. The molecule has 0 bridgehead atoms. The van der Waals surface area contributed by atoms with Gasteiger partial charge in [-0.2, -0.15) is 0 Å². The normalized spacial score (nSPS) is 10.8. The van der Waals surface area contributed by atoms with Crippen molar-refractivity contribution >= 4 is 12.4 Å². The molecule has 0 aliphatic carbocycles. The molecule has 0 aromatic heterocycles. The van der Waals surface area contributed by atoms with Gasteiger partial charge in [0.25, 0.3) is 0 Å². The molecule has 0 heterocycles. The lowest BCUT2D eigenvalue weighted by Gasteiger charge is -2.05. The molecule has 4 heteroatoms. The molecule has 16 heavy (non-hydrogen) atoms. The summed E-state index contributed by atoms with van der Waals surface area (Å²) in [5, 5.41) is 0. The number of halogens is 2. The Kier molecular flexibility index (Phi) is 7.60. The highest BCUT2D eigenvalue weighted by Crippen LogP contribution is 2.14. The van der Waals surface area contributed by atoms with Crippen LogP contribution in [-0.2, 0) is 6.42 Å². The Labute approximate surface area is 102 Å². The second-order valence-corrected chi connectivity index (χ2v) is 3.23. The first-order chi connectivity index (χ1) is 7.30. The molecule has 0 aliphatic heterocycles. The van der Waals surface area contributed by atoms with E-state index in [1.165, 1.54) is 0 Å². The zero-order valence-corrected chi connectivity index (χ0v) is 10.1. The van der Waals surface area contributed by atoms with E-state index in [0.29, 0.717) is 24.9 Å². The van der Waals surface area contributed by atoms with Gasteiger partial charge in [0.15, 0.2) is 0 Å². The van der Waals surface area contributed by atoms with Crippen molar-refractivity contribution in [1.29, 1.82) is 0 Å². The number of hydrogen-bond donors (Lipinski definition) is 1. The fourth-order valence-electron chi connectivity index (χ4n) is 1.29. The van der Waals surface area contributed by atoms with Crippen molar-refractivity contribution in [3.05, 3.63) is 41.7 Å². The van der Waals surface area contributed by atoms with Crippen LogP contribution in [0.5, 0.6) is 5.75 Å². The first-order valence-electron chi connectivity index (χ1n) is 5.00. The molecule has 1 aromatic rings. The number of rotatable bonds is 5. The SMILES string of the molecule is CCOc1ccc(C/C(=C\F)CN)cc1.Cl. The van der Waals surface area contributed by atoms with E-state index in [-0.39, 0.29) is 19.0 Å². The molecule has 0 aliphatic rings. The minimum absolute atomic E-state index is 0. The van der Waals surface area contributed by atoms with Crippen LogP contribution < -0.4 is 10.5 Å². The molecular formula is C12H17ClFNO. The summed E-state index contributed by atoms with van der Waals surface area (Å²) < 4.78 is 17.6. The van der Waals surface area contributed by atoms with Gasteiger partial charge < -0.3 is 10.5 Å². The molecule has 0 radical (unpaired) electrons. The van der Waals surface area contributed by atoms with Gasteiger partial charge >= 0.3 is 0 Å². The molecular weight excluding hydrogens is 229 g/mol. The Morgan fingerprint density at radius 1 is 1.38 bits per heavy atom. The summed E-state index contributed by atoms with van der Waals surface area (Å²) in [6.07, 6.45) is 1.13. The monoisotopic (exact) mass is 245 g/mol. The fraction of sp³-hybridized carbons (Fsp3) is 0.333. The Balaban J connectivity index is 0.00000225. The van der Waals surface area contributed by atoms with Crippen LogP contribution in [0.1, 0.15) is 12.5 Å². The maximum Gasteiger partial charge on any atom is 0.119 e. The van der Waals surface area contributed by atoms with Crippen LogP contribution in [0.15, 0.2) is 36.2 Å². The van der Waals surface area contributed by atoms with E-state index in [1.54, 1.807) is 0 Å². The zero-order chi connectivity index (χ0) is 11.1. The van der Waals surface area contributed by atoms with Gasteiger partial charge in [-0.1, -0.05) is 12.1 Å². The fourth-order valence-corrected chi connectivity index (χ4v) is 1.29. The van der Waals surface area contributed by atoms with Gasteiger partial charge in [0.2, 0.25) is 0 Å². The second-order valence-electron chi connectivity index (χ2n) is 3.23. The van der Waals surface area contributed by atoms with Crippen molar-refractivity contribution in [2.45, 2.75) is 13.3 Å². The average Bonchev–Trinajstić information content (AvgIpc) is 2.28. The predicted molar refractivity (Wildman–Crippen MR) is 66.8 cm³/mol. The van der Waals surface area contributed by atoms with Crippen LogP contribution in [0.3, 0.4) is 0 Å². The summed E-state index contributed by atoms with van der Waals surface area (Å²) in [7, 11) is 0. The number of nitrogens with two attached hydrogens (primary N) is 1. The molecule has 0 amide bonds. The highest BCUT2D eigenvalue weighted by molar-refractivity contribution is 5.85. The minimum Gasteiger partial charge on any atom is -0.494 e. The molecule has 90 valence electrons. The van der Waals surface area contributed by atoms with E-state index in [2.05, 4.69) is 0 Å². The summed E-state index contributed by atoms with van der Waals surface area (Å²) in [4.78, 5) is 0. The molecule has 1 aromatic carbocycles. The molecule has 0 saturated heterocycles. The lowest BCUT2D eigenvalue weighted by Crippen LogP contribution is -2.05. The summed E-state index contributed by atoms with van der Waals surface area (Å²) in [6.45, 7) is 2.84. The molecule has 0 unspecified atom stereocenters. The van der Waals surface area contributed by atoms with Gasteiger partial charge in [-0.05, 0) is 36.6 Å². The minimum atomic E-state index is 0. The smallest absolute Gasteiger partial charge is 0.119 e. The standard InChI is InChI=1S/C12H16FNO.ClH/c1-2-15-12-5-3-10(4-6-12)7-11(8-13)9-14;/h3-6,8H,2,7,9,14H2,1H3;1H/b11-8+;. The average molecular weight is 246 g/mol. The highest BCUT2D eigenvalue weighted by Gasteiger charge is 1.99. The van der Waals surface area contributed by atoms with Crippen LogP contribution in [0.2, 0.25) is 0 Å². The topological polar surface area (TPSA) is 35.2 Å². The van der Waals surface area contributed by atoms with Crippen molar-refractivity contribution < 1.29 is 9.13 Å². The van der Waals surface area contributed by atoms with Gasteiger partial charge in [-0.15, -0.1) is 12.4 Å². The van der Waals surface area contributed by atoms with E-state index >= 15 is 0 Å². The number of benzene rings is 1. The van der Waals surface area contributed by atoms with Gasteiger partial charge in [0, 0.05) is 6.54 Å². The maximum atomic E-state index is 12.3.